The molecule has 1 saturated heterocycles. The van der Waals surface area contributed by atoms with Gasteiger partial charge < -0.3 is 19.7 Å². The Morgan fingerprint density at radius 2 is 1.68 bits per heavy atom. The second kappa shape index (κ2) is 9.71. The van der Waals surface area contributed by atoms with Crippen molar-refractivity contribution in [1.29, 1.82) is 5.26 Å². The molecule has 1 N–H and O–H groups in total. The lowest BCUT2D eigenvalue weighted by atomic mass is 9.95. The molecule has 0 aliphatic carbocycles. The van der Waals surface area contributed by atoms with E-state index in [2.05, 4.69) is 15.2 Å². The number of rotatable bonds is 5. The molecule has 0 atom stereocenters. The predicted octanol–water partition coefficient (Wildman–Crippen LogP) is 2.38. The quantitative estimate of drug-likeness (QED) is 0.729. The van der Waals surface area contributed by atoms with Crippen molar-refractivity contribution in [1.82, 2.24) is 4.98 Å². The third-order valence-electron chi connectivity index (χ3n) is 5.11. The Bertz CT molecular complexity index is 987. The maximum atomic E-state index is 12.8. The molecule has 9 nitrogen and oxygen atoms in total. The molecule has 1 aliphatic heterocycles. The van der Waals surface area contributed by atoms with Gasteiger partial charge in [0.05, 0.1) is 30.9 Å². The van der Waals surface area contributed by atoms with E-state index in [1.165, 1.54) is 38.6 Å². The van der Waals surface area contributed by atoms with Crippen LogP contribution in [0.15, 0.2) is 36.5 Å². The van der Waals surface area contributed by atoms with Gasteiger partial charge in [-0.05, 0) is 43.2 Å². The zero-order valence-electron chi connectivity index (χ0n) is 17.3. The molecule has 1 aliphatic rings. The Balaban J connectivity index is 1.67. The minimum Gasteiger partial charge on any atom is -0.465 e. The molecule has 0 bridgehead atoms. The molecular weight excluding hydrogens is 400 g/mol. The summed E-state index contributed by atoms with van der Waals surface area (Å²) >= 11 is 0. The van der Waals surface area contributed by atoms with E-state index in [0.29, 0.717) is 37.2 Å². The van der Waals surface area contributed by atoms with E-state index in [9.17, 15) is 14.4 Å². The van der Waals surface area contributed by atoms with Crippen molar-refractivity contribution in [3.05, 3.63) is 53.2 Å². The summed E-state index contributed by atoms with van der Waals surface area (Å²) in [6.07, 6.45) is 2.77. The van der Waals surface area contributed by atoms with E-state index < -0.39 is 11.9 Å². The van der Waals surface area contributed by atoms with Gasteiger partial charge in [0.25, 0.3) is 0 Å². The van der Waals surface area contributed by atoms with Gasteiger partial charge >= 0.3 is 11.9 Å². The first kappa shape index (κ1) is 21.8. The van der Waals surface area contributed by atoms with E-state index >= 15 is 0 Å². The number of amides is 1. The number of carbonyl (C=O) groups is 3. The van der Waals surface area contributed by atoms with Gasteiger partial charge in [0.1, 0.15) is 11.9 Å². The summed E-state index contributed by atoms with van der Waals surface area (Å²) in [7, 11) is 2.48. The number of anilines is 2. The van der Waals surface area contributed by atoms with E-state index in [4.69, 9.17) is 14.7 Å². The number of aromatic nitrogens is 1. The minimum atomic E-state index is -0.621. The molecule has 160 valence electrons. The van der Waals surface area contributed by atoms with Gasteiger partial charge in [-0.2, -0.15) is 5.26 Å². The van der Waals surface area contributed by atoms with Crippen LogP contribution in [0.25, 0.3) is 0 Å². The Labute approximate surface area is 179 Å². The zero-order valence-corrected chi connectivity index (χ0v) is 17.3. The van der Waals surface area contributed by atoms with Gasteiger partial charge in [0.2, 0.25) is 5.91 Å². The van der Waals surface area contributed by atoms with Gasteiger partial charge in [0.15, 0.2) is 0 Å². The molecular formula is C22H22N4O5. The fourth-order valence-electron chi connectivity index (χ4n) is 3.43. The van der Waals surface area contributed by atoms with E-state index in [-0.39, 0.29) is 23.0 Å². The van der Waals surface area contributed by atoms with Crippen molar-refractivity contribution in [3.63, 3.8) is 0 Å². The van der Waals surface area contributed by atoms with Crippen molar-refractivity contribution in [2.75, 3.05) is 37.5 Å². The van der Waals surface area contributed by atoms with Crippen LogP contribution in [0.5, 0.6) is 0 Å². The van der Waals surface area contributed by atoms with Gasteiger partial charge in [0, 0.05) is 30.9 Å². The number of nitrogens with one attached hydrogen (secondary N) is 1. The van der Waals surface area contributed by atoms with Crippen molar-refractivity contribution < 1.29 is 23.9 Å². The number of methoxy groups -OCH3 is 2. The summed E-state index contributed by atoms with van der Waals surface area (Å²) in [5.41, 5.74) is 1.10. The molecule has 9 heteroatoms. The SMILES string of the molecule is COC(=O)c1cc(NC(=O)C2CCN(c3ccc(C#N)cn3)CC2)cc(C(=O)OC)c1. The lowest BCUT2D eigenvalue weighted by Crippen LogP contribution is -2.38. The summed E-state index contributed by atoms with van der Waals surface area (Å²) in [4.78, 5) is 43.0. The van der Waals surface area contributed by atoms with Crippen LogP contribution < -0.4 is 10.2 Å². The first-order valence-electron chi connectivity index (χ1n) is 9.69. The topological polar surface area (TPSA) is 122 Å². The Hall–Kier alpha value is -3.93. The highest BCUT2D eigenvalue weighted by Gasteiger charge is 2.26. The molecule has 2 heterocycles. The van der Waals surface area contributed by atoms with Crippen LogP contribution in [0.1, 0.15) is 39.1 Å². The number of carbonyl (C=O) groups excluding carboxylic acids is 3. The molecule has 31 heavy (non-hydrogen) atoms. The highest BCUT2D eigenvalue weighted by molar-refractivity contribution is 6.00. The predicted molar refractivity (Wildman–Crippen MR) is 112 cm³/mol. The molecule has 1 aromatic heterocycles. The number of hydrogen-bond acceptors (Lipinski definition) is 8. The first-order valence-corrected chi connectivity index (χ1v) is 9.69. The number of nitriles is 1. The number of benzene rings is 1. The van der Waals surface area contributed by atoms with E-state index in [1.807, 2.05) is 6.07 Å². The smallest absolute Gasteiger partial charge is 0.337 e. The second-order valence-corrected chi connectivity index (χ2v) is 7.05. The number of pyridine rings is 1. The fraction of sp³-hybridized carbons (Fsp3) is 0.318. The number of nitrogens with zero attached hydrogens (tertiary/aromatic N) is 3. The van der Waals surface area contributed by atoms with Crippen LogP contribution in [0.3, 0.4) is 0 Å². The number of ether oxygens (including phenoxy) is 2. The zero-order chi connectivity index (χ0) is 22.4. The van der Waals surface area contributed by atoms with Crippen molar-refractivity contribution in [2.45, 2.75) is 12.8 Å². The van der Waals surface area contributed by atoms with Crippen molar-refractivity contribution in [2.24, 2.45) is 5.92 Å². The lowest BCUT2D eigenvalue weighted by molar-refractivity contribution is -0.120. The Kier molecular flexibility index (Phi) is 6.82. The van der Waals surface area contributed by atoms with Crippen molar-refractivity contribution in [3.8, 4) is 6.07 Å². The van der Waals surface area contributed by atoms with Gasteiger partial charge in [-0.3, -0.25) is 4.79 Å². The highest BCUT2D eigenvalue weighted by Crippen LogP contribution is 2.24. The maximum Gasteiger partial charge on any atom is 0.337 e. The molecule has 0 saturated carbocycles. The summed E-state index contributed by atoms with van der Waals surface area (Å²) in [6, 6.07) is 9.84. The molecule has 3 rings (SSSR count). The number of hydrogen-bond donors (Lipinski definition) is 1. The highest BCUT2D eigenvalue weighted by atomic mass is 16.5. The van der Waals surface area contributed by atoms with Crippen molar-refractivity contribution >= 4 is 29.4 Å². The average Bonchev–Trinajstić information content (AvgIpc) is 2.82. The van der Waals surface area contributed by atoms with Crippen LogP contribution in [-0.4, -0.2) is 50.1 Å². The molecule has 0 spiro atoms. The average molecular weight is 422 g/mol. The van der Waals surface area contributed by atoms with Gasteiger partial charge in [-0.15, -0.1) is 0 Å². The van der Waals surface area contributed by atoms with Gasteiger partial charge in [-0.1, -0.05) is 0 Å². The lowest BCUT2D eigenvalue weighted by Gasteiger charge is -2.32. The normalized spacial score (nSPS) is 13.8. The maximum absolute atomic E-state index is 12.8. The van der Waals surface area contributed by atoms with Crippen LogP contribution >= 0.6 is 0 Å². The Morgan fingerprint density at radius 3 is 2.16 bits per heavy atom. The summed E-state index contributed by atoms with van der Waals surface area (Å²) in [5, 5.41) is 11.7. The van der Waals surface area contributed by atoms with Crippen LogP contribution in [0.2, 0.25) is 0 Å². The third-order valence-corrected chi connectivity index (χ3v) is 5.11. The Morgan fingerprint density at radius 1 is 1.06 bits per heavy atom. The molecule has 1 amide bonds. The van der Waals surface area contributed by atoms with Gasteiger partial charge in [-0.25, -0.2) is 14.6 Å². The molecule has 1 aromatic carbocycles. The summed E-state index contributed by atoms with van der Waals surface area (Å²) in [6.45, 7) is 1.29. The summed E-state index contributed by atoms with van der Waals surface area (Å²) < 4.78 is 9.43. The summed E-state index contributed by atoms with van der Waals surface area (Å²) in [5.74, 6) is -0.886. The van der Waals surface area contributed by atoms with E-state index in [0.717, 1.165) is 5.82 Å². The second-order valence-electron chi connectivity index (χ2n) is 7.05. The number of piperidine rings is 1. The number of esters is 2. The minimum absolute atomic E-state index is 0.141. The standard InChI is InChI=1S/C22H22N4O5/c1-30-21(28)16-9-17(22(29)31-2)11-18(10-16)25-20(27)15-5-7-26(8-6-15)19-4-3-14(12-23)13-24-19/h3-4,9-11,13,15H,5-8H2,1-2H3,(H,25,27). The molecule has 1 fully saturated rings. The molecule has 0 radical (unpaired) electrons. The first-order chi connectivity index (χ1) is 14.9. The fourth-order valence-corrected chi connectivity index (χ4v) is 3.43. The third kappa shape index (κ3) is 5.17. The largest absolute Gasteiger partial charge is 0.465 e. The monoisotopic (exact) mass is 422 g/mol. The van der Waals surface area contributed by atoms with E-state index in [1.54, 1.807) is 12.1 Å². The van der Waals surface area contributed by atoms with Crippen LogP contribution in [-0.2, 0) is 14.3 Å². The molecule has 0 unspecified atom stereocenters. The van der Waals surface area contributed by atoms with Crippen LogP contribution in [0, 0.1) is 17.2 Å². The molecule has 2 aromatic rings. The van der Waals surface area contributed by atoms with Crippen LogP contribution in [0.4, 0.5) is 11.5 Å².